The van der Waals surface area contributed by atoms with Gasteiger partial charge in [0.05, 0.1) is 22.9 Å². The minimum Gasteiger partial charge on any atom is -0.361 e. The highest BCUT2D eigenvalue weighted by molar-refractivity contribution is 6.76. The summed E-state index contributed by atoms with van der Waals surface area (Å²) in [5, 5.41) is 0.788. The van der Waals surface area contributed by atoms with Crippen molar-refractivity contribution in [2.45, 2.75) is 39.0 Å². The summed E-state index contributed by atoms with van der Waals surface area (Å²) in [7, 11) is 0.393. The zero-order valence-corrected chi connectivity index (χ0v) is 19.4. The zero-order chi connectivity index (χ0) is 21.3. The first-order valence-corrected chi connectivity index (χ1v) is 13.7. The van der Waals surface area contributed by atoms with Crippen LogP contribution in [-0.4, -0.2) is 33.4 Å². The number of aryl methyl sites for hydroxylation is 1. The maximum Gasteiger partial charge on any atom is 0.332 e. The van der Waals surface area contributed by atoms with E-state index in [1.807, 2.05) is 0 Å². The van der Waals surface area contributed by atoms with Gasteiger partial charge in [-0.2, -0.15) is 0 Å². The largest absolute Gasteiger partial charge is 0.361 e. The summed E-state index contributed by atoms with van der Waals surface area (Å²) >= 11 is 12.0. The molecule has 3 aromatic rings. The van der Waals surface area contributed by atoms with Crippen LogP contribution in [0, 0.1) is 0 Å². The number of aromatic nitrogens is 4. The van der Waals surface area contributed by atoms with E-state index < -0.39 is 19.3 Å². The maximum atomic E-state index is 13.1. The number of rotatable bonds is 7. The van der Waals surface area contributed by atoms with Gasteiger partial charge in [0.25, 0.3) is 5.56 Å². The molecule has 2 aromatic heterocycles. The van der Waals surface area contributed by atoms with Crippen molar-refractivity contribution in [2.24, 2.45) is 7.05 Å². The first-order valence-electron chi connectivity index (χ1n) is 9.25. The van der Waals surface area contributed by atoms with Crippen LogP contribution < -0.4 is 11.2 Å². The van der Waals surface area contributed by atoms with Crippen molar-refractivity contribution in [1.82, 2.24) is 18.7 Å². The van der Waals surface area contributed by atoms with Crippen LogP contribution in [0.15, 0.2) is 34.1 Å². The third kappa shape index (κ3) is 4.83. The number of benzene rings is 1. The van der Waals surface area contributed by atoms with Crippen LogP contribution in [0.25, 0.3) is 11.2 Å². The van der Waals surface area contributed by atoms with E-state index in [-0.39, 0.29) is 13.3 Å². The minimum atomic E-state index is -1.20. The van der Waals surface area contributed by atoms with Gasteiger partial charge >= 0.3 is 5.69 Å². The van der Waals surface area contributed by atoms with E-state index in [0.717, 1.165) is 6.04 Å². The number of halogens is 2. The molecule has 29 heavy (non-hydrogen) atoms. The van der Waals surface area contributed by atoms with Crippen LogP contribution in [0.4, 0.5) is 0 Å². The van der Waals surface area contributed by atoms with Crippen LogP contribution >= 0.6 is 23.2 Å². The molecule has 0 aliphatic rings. The molecule has 0 fully saturated rings. The third-order valence-corrected chi connectivity index (χ3v) is 7.10. The van der Waals surface area contributed by atoms with E-state index in [4.69, 9.17) is 27.9 Å². The Balaban J connectivity index is 1.95. The Morgan fingerprint density at radius 1 is 1.14 bits per heavy atom. The van der Waals surface area contributed by atoms with Gasteiger partial charge in [-0.25, -0.2) is 9.78 Å². The lowest BCUT2D eigenvalue weighted by Gasteiger charge is -2.15. The van der Waals surface area contributed by atoms with Gasteiger partial charge in [-0.15, -0.1) is 0 Å². The summed E-state index contributed by atoms with van der Waals surface area (Å²) in [6, 6.07) is 6.06. The molecular weight excluding hydrogens is 431 g/mol. The highest BCUT2D eigenvalue weighted by Gasteiger charge is 2.17. The van der Waals surface area contributed by atoms with Crippen LogP contribution in [-0.2, 0) is 25.1 Å². The van der Waals surface area contributed by atoms with E-state index in [0.29, 0.717) is 33.4 Å². The van der Waals surface area contributed by atoms with Crippen LogP contribution in [0.3, 0.4) is 0 Å². The standard InChI is InChI=1S/C19H24Cl2N4O3Si/c1-23-17-16(24(11-22-17)12-28-7-8-29(2,3)4)18(26)25(19(23)27)10-13-5-6-14(20)15(21)9-13/h5-6,9,11H,7-8,10,12H2,1-4H3. The fraction of sp³-hybridized carbons (Fsp3) is 0.421. The van der Waals surface area contributed by atoms with Gasteiger partial charge in [0.1, 0.15) is 6.73 Å². The van der Waals surface area contributed by atoms with Gasteiger partial charge < -0.3 is 9.30 Å². The summed E-state index contributed by atoms with van der Waals surface area (Å²) in [6.45, 7) is 7.75. The van der Waals surface area contributed by atoms with Gasteiger partial charge in [-0.3, -0.25) is 13.9 Å². The fourth-order valence-corrected chi connectivity index (χ4v) is 4.00. The Morgan fingerprint density at radius 3 is 2.52 bits per heavy atom. The molecule has 7 nitrogen and oxygen atoms in total. The summed E-state index contributed by atoms with van der Waals surface area (Å²) in [6.07, 6.45) is 1.53. The molecule has 0 aliphatic heterocycles. The first kappa shape index (κ1) is 21.8. The molecule has 1 aromatic carbocycles. The molecule has 0 aliphatic carbocycles. The van der Waals surface area contributed by atoms with Gasteiger partial charge in [0.2, 0.25) is 0 Å². The minimum absolute atomic E-state index is 0.0833. The van der Waals surface area contributed by atoms with Gasteiger partial charge in [0, 0.05) is 21.7 Å². The molecule has 0 spiro atoms. The molecular formula is C19H24Cl2N4O3Si. The molecule has 0 bridgehead atoms. The summed E-state index contributed by atoms with van der Waals surface area (Å²) in [5.41, 5.74) is 0.508. The van der Waals surface area contributed by atoms with E-state index >= 15 is 0 Å². The van der Waals surface area contributed by atoms with Crippen molar-refractivity contribution >= 4 is 42.4 Å². The zero-order valence-electron chi connectivity index (χ0n) is 16.9. The topological polar surface area (TPSA) is 71.0 Å². The predicted molar refractivity (Wildman–Crippen MR) is 119 cm³/mol. The normalized spacial score (nSPS) is 12.1. The lowest BCUT2D eigenvalue weighted by Crippen LogP contribution is -2.40. The lowest BCUT2D eigenvalue weighted by atomic mass is 10.2. The van der Waals surface area contributed by atoms with Crippen molar-refractivity contribution < 1.29 is 4.74 Å². The Hall–Kier alpha value is -1.87. The molecule has 2 heterocycles. The molecule has 0 radical (unpaired) electrons. The van der Waals surface area contributed by atoms with Crippen molar-refractivity contribution in [2.75, 3.05) is 6.61 Å². The molecule has 0 saturated carbocycles. The molecule has 0 saturated heterocycles. The fourth-order valence-electron chi connectivity index (χ4n) is 2.92. The number of nitrogens with zero attached hydrogens (tertiary/aromatic N) is 4. The second-order valence-electron chi connectivity index (χ2n) is 8.22. The maximum absolute atomic E-state index is 13.1. The molecule has 156 valence electrons. The average Bonchev–Trinajstić information content (AvgIpc) is 3.07. The Bertz CT molecular complexity index is 1160. The predicted octanol–water partition coefficient (Wildman–Crippen LogP) is 3.56. The Labute approximate surface area is 179 Å². The quantitative estimate of drug-likeness (QED) is 0.404. The van der Waals surface area contributed by atoms with Crippen molar-refractivity contribution in [3.05, 3.63) is 61.0 Å². The highest BCUT2D eigenvalue weighted by Crippen LogP contribution is 2.22. The number of fused-ring (bicyclic) bond motifs is 1. The second-order valence-corrected chi connectivity index (χ2v) is 14.7. The van der Waals surface area contributed by atoms with E-state index in [1.54, 1.807) is 29.8 Å². The number of ether oxygens (including phenoxy) is 1. The molecule has 10 heteroatoms. The first-order chi connectivity index (χ1) is 13.6. The molecule has 3 rings (SSSR count). The SMILES string of the molecule is Cn1c(=O)n(Cc2ccc(Cl)c(Cl)c2)c(=O)c2c1ncn2COCC[Si](C)(C)C. The highest BCUT2D eigenvalue weighted by atomic mass is 35.5. The van der Waals surface area contributed by atoms with Crippen LogP contribution in [0.5, 0.6) is 0 Å². The van der Waals surface area contributed by atoms with Gasteiger partial charge in [0.15, 0.2) is 11.2 Å². The molecule has 0 amide bonds. The summed E-state index contributed by atoms with van der Waals surface area (Å²) in [4.78, 5) is 30.1. The number of hydrogen-bond acceptors (Lipinski definition) is 4. The lowest BCUT2D eigenvalue weighted by molar-refractivity contribution is 0.0896. The van der Waals surface area contributed by atoms with Crippen molar-refractivity contribution in [3.63, 3.8) is 0 Å². The van der Waals surface area contributed by atoms with Crippen LogP contribution in [0.2, 0.25) is 35.7 Å². The molecule has 0 unspecified atom stereocenters. The average molecular weight is 455 g/mol. The smallest absolute Gasteiger partial charge is 0.332 e. The van der Waals surface area contributed by atoms with Crippen LogP contribution in [0.1, 0.15) is 5.56 Å². The van der Waals surface area contributed by atoms with Crippen molar-refractivity contribution in [1.29, 1.82) is 0 Å². The number of imidazole rings is 1. The van der Waals surface area contributed by atoms with E-state index in [9.17, 15) is 9.59 Å². The summed E-state index contributed by atoms with van der Waals surface area (Å²) < 4.78 is 9.95. The van der Waals surface area contributed by atoms with E-state index in [1.165, 1.54) is 15.5 Å². The van der Waals surface area contributed by atoms with Gasteiger partial charge in [-0.05, 0) is 23.7 Å². The summed E-state index contributed by atoms with van der Waals surface area (Å²) in [5.74, 6) is 0. The van der Waals surface area contributed by atoms with E-state index in [2.05, 4.69) is 24.6 Å². The van der Waals surface area contributed by atoms with Gasteiger partial charge in [-0.1, -0.05) is 48.9 Å². The molecule has 0 atom stereocenters. The van der Waals surface area contributed by atoms with Crippen molar-refractivity contribution in [3.8, 4) is 0 Å². The molecule has 0 N–H and O–H groups in total. The Kier molecular flexibility index (Phi) is 6.38. The third-order valence-electron chi connectivity index (χ3n) is 4.65. The Morgan fingerprint density at radius 2 is 1.86 bits per heavy atom. The monoisotopic (exact) mass is 454 g/mol. The second kappa shape index (κ2) is 8.47. The number of hydrogen-bond donors (Lipinski definition) is 0.